The molecule has 14 heavy (non-hydrogen) atoms. The van der Waals surface area contributed by atoms with Gasteiger partial charge in [0.15, 0.2) is 0 Å². The van der Waals surface area contributed by atoms with Crippen LogP contribution in [-0.2, 0) is 13.7 Å². The summed E-state index contributed by atoms with van der Waals surface area (Å²) < 4.78 is 2.06. The summed E-state index contributed by atoms with van der Waals surface area (Å²) in [6.07, 6.45) is 0. The van der Waals surface area contributed by atoms with Crippen molar-refractivity contribution in [3.05, 3.63) is 35.0 Å². The molecule has 0 amide bonds. The van der Waals surface area contributed by atoms with Gasteiger partial charge in [-0.25, -0.2) is 0 Å². The molecule has 1 aromatic carbocycles. The molecule has 0 bridgehead atoms. The second kappa shape index (κ2) is 3.14. The lowest BCUT2D eigenvalue weighted by Gasteiger charge is -2.00. The van der Waals surface area contributed by atoms with E-state index in [-0.39, 0.29) is 6.61 Å². The maximum Gasteiger partial charge on any atom is 0.0835 e. The molecule has 2 aromatic rings. The Hall–Kier alpha value is -1.28. The molecule has 0 atom stereocenters. The van der Waals surface area contributed by atoms with Crippen LogP contribution in [0.15, 0.2) is 18.2 Å². The van der Waals surface area contributed by atoms with Gasteiger partial charge in [-0.15, -0.1) is 0 Å². The number of nitrogens with zero attached hydrogens (tertiary/aromatic N) is 1. The second-order valence-electron chi connectivity index (χ2n) is 3.81. The van der Waals surface area contributed by atoms with Crippen molar-refractivity contribution < 1.29 is 5.11 Å². The molecular formula is C12H15NO. The van der Waals surface area contributed by atoms with Gasteiger partial charge in [-0.3, -0.25) is 0 Å². The molecule has 0 saturated heterocycles. The lowest BCUT2D eigenvalue weighted by molar-refractivity contribution is 0.272. The zero-order chi connectivity index (χ0) is 10.3. The van der Waals surface area contributed by atoms with Crippen molar-refractivity contribution in [2.24, 2.45) is 7.05 Å². The van der Waals surface area contributed by atoms with Gasteiger partial charge in [-0.05, 0) is 31.5 Å². The van der Waals surface area contributed by atoms with Crippen LogP contribution in [0.1, 0.15) is 16.8 Å². The Labute approximate surface area is 83.8 Å². The second-order valence-corrected chi connectivity index (χ2v) is 3.81. The Morgan fingerprint density at radius 3 is 2.64 bits per heavy atom. The Morgan fingerprint density at radius 2 is 2.00 bits per heavy atom. The van der Waals surface area contributed by atoms with Crippen molar-refractivity contribution in [3.8, 4) is 0 Å². The van der Waals surface area contributed by atoms with E-state index in [1.165, 1.54) is 22.0 Å². The number of hydrogen-bond donors (Lipinski definition) is 1. The summed E-state index contributed by atoms with van der Waals surface area (Å²) in [5.74, 6) is 0. The van der Waals surface area contributed by atoms with E-state index in [1.807, 2.05) is 7.05 Å². The van der Waals surface area contributed by atoms with Gasteiger partial charge >= 0.3 is 0 Å². The molecule has 0 aliphatic carbocycles. The van der Waals surface area contributed by atoms with Gasteiger partial charge in [0.2, 0.25) is 0 Å². The Morgan fingerprint density at radius 1 is 1.29 bits per heavy atom. The molecule has 0 fully saturated rings. The van der Waals surface area contributed by atoms with E-state index in [2.05, 4.69) is 36.6 Å². The zero-order valence-corrected chi connectivity index (χ0v) is 8.83. The van der Waals surface area contributed by atoms with E-state index in [1.54, 1.807) is 0 Å². The van der Waals surface area contributed by atoms with Crippen molar-refractivity contribution >= 4 is 10.9 Å². The van der Waals surface area contributed by atoms with Crippen molar-refractivity contribution in [3.63, 3.8) is 0 Å². The number of hydrogen-bond acceptors (Lipinski definition) is 1. The van der Waals surface area contributed by atoms with E-state index in [9.17, 15) is 5.11 Å². The third kappa shape index (κ3) is 1.15. The quantitative estimate of drug-likeness (QED) is 0.731. The number of fused-ring (bicyclic) bond motifs is 1. The SMILES string of the molecule is Cc1ccc2c(c1)c(C)c(CO)n2C. The van der Waals surface area contributed by atoms with E-state index in [0.29, 0.717) is 0 Å². The molecular weight excluding hydrogens is 174 g/mol. The van der Waals surface area contributed by atoms with Crippen LogP contribution in [0.25, 0.3) is 10.9 Å². The molecule has 2 rings (SSSR count). The minimum Gasteiger partial charge on any atom is -0.390 e. The van der Waals surface area contributed by atoms with Crippen molar-refractivity contribution in [1.82, 2.24) is 4.57 Å². The molecule has 0 aliphatic rings. The number of aromatic nitrogens is 1. The van der Waals surface area contributed by atoms with Crippen LogP contribution in [0.4, 0.5) is 0 Å². The summed E-state index contributed by atoms with van der Waals surface area (Å²) in [5, 5.41) is 10.5. The maximum absolute atomic E-state index is 9.25. The third-order valence-corrected chi connectivity index (χ3v) is 2.90. The van der Waals surface area contributed by atoms with Gasteiger partial charge in [0.25, 0.3) is 0 Å². The summed E-state index contributed by atoms with van der Waals surface area (Å²) in [6, 6.07) is 6.38. The normalized spacial score (nSPS) is 11.1. The van der Waals surface area contributed by atoms with E-state index in [4.69, 9.17) is 0 Å². The molecule has 2 heteroatoms. The van der Waals surface area contributed by atoms with Crippen LogP contribution < -0.4 is 0 Å². The standard InChI is InChI=1S/C12H15NO/c1-8-4-5-11-10(6-8)9(2)12(7-14)13(11)3/h4-6,14H,7H2,1-3H3. The Bertz CT molecular complexity index is 483. The summed E-state index contributed by atoms with van der Waals surface area (Å²) in [6.45, 7) is 4.26. The molecule has 74 valence electrons. The summed E-state index contributed by atoms with van der Waals surface area (Å²) in [5.41, 5.74) is 4.65. The van der Waals surface area contributed by atoms with Gasteiger partial charge in [0.1, 0.15) is 0 Å². The van der Waals surface area contributed by atoms with Crippen LogP contribution in [-0.4, -0.2) is 9.67 Å². The first kappa shape index (κ1) is 9.28. The van der Waals surface area contributed by atoms with Crippen LogP contribution >= 0.6 is 0 Å². The monoisotopic (exact) mass is 189 g/mol. The molecule has 0 spiro atoms. The fourth-order valence-corrected chi connectivity index (χ4v) is 2.02. The summed E-state index contributed by atoms with van der Waals surface area (Å²) in [7, 11) is 2.00. The van der Waals surface area contributed by atoms with Crippen molar-refractivity contribution in [2.45, 2.75) is 20.5 Å². The number of benzene rings is 1. The molecule has 1 aromatic heterocycles. The largest absolute Gasteiger partial charge is 0.390 e. The highest BCUT2D eigenvalue weighted by Crippen LogP contribution is 2.25. The van der Waals surface area contributed by atoms with Gasteiger partial charge < -0.3 is 9.67 Å². The van der Waals surface area contributed by atoms with Gasteiger partial charge in [0, 0.05) is 23.6 Å². The van der Waals surface area contributed by atoms with Crippen molar-refractivity contribution in [2.75, 3.05) is 0 Å². The fraction of sp³-hybridized carbons (Fsp3) is 0.333. The molecule has 0 saturated carbocycles. The molecule has 2 nitrogen and oxygen atoms in total. The van der Waals surface area contributed by atoms with Crippen LogP contribution in [0.5, 0.6) is 0 Å². The highest BCUT2D eigenvalue weighted by Gasteiger charge is 2.09. The first-order valence-electron chi connectivity index (χ1n) is 4.80. The molecule has 0 radical (unpaired) electrons. The maximum atomic E-state index is 9.25. The zero-order valence-electron chi connectivity index (χ0n) is 8.83. The van der Waals surface area contributed by atoms with E-state index < -0.39 is 0 Å². The van der Waals surface area contributed by atoms with Gasteiger partial charge in [-0.1, -0.05) is 11.6 Å². The Kier molecular flexibility index (Phi) is 2.08. The highest BCUT2D eigenvalue weighted by atomic mass is 16.3. The molecule has 0 unspecified atom stereocenters. The minimum atomic E-state index is 0.107. The molecule has 0 aliphatic heterocycles. The number of aryl methyl sites for hydroxylation is 3. The first-order valence-corrected chi connectivity index (χ1v) is 4.80. The van der Waals surface area contributed by atoms with Crippen LogP contribution in [0.2, 0.25) is 0 Å². The van der Waals surface area contributed by atoms with Gasteiger partial charge in [-0.2, -0.15) is 0 Å². The molecule has 1 N–H and O–H groups in total. The fourth-order valence-electron chi connectivity index (χ4n) is 2.02. The average molecular weight is 189 g/mol. The lowest BCUT2D eigenvalue weighted by atomic mass is 10.1. The summed E-state index contributed by atoms with van der Waals surface area (Å²) >= 11 is 0. The first-order chi connectivity index (χ1) is 6.65. The Balaban J connectivity index is 2.87. The minimum absolute atomic E-state index is 0.107. The third-order valence-electron chi connectivity index (χ3n) is 2.90. The lowest BCUT2D eigenvalue weighted by Crippen LogP contribution is -1.96. The molecule has 1 heterocycles. The van der Waals surface area contributed by atoms with Crippen molar-refractivity contribution in [1.29, 1.82) is 0 Å². The predicted octanol–water partition coefficient (Wildman–Crippen LogP) is 2.29. The van der Waals surface area contributed by atoms with Gasteiger partial charge in [0.05, 0.1) is 6.61 Å². The smallest absolute Gasteiger partial charge is 0.0835 e. The highest BCUT2D eigenvalue weighted by molar-refractivity contribution is 5.85. The topological polar surface area (TPSA) is 25.2 Å². The van der Waals surface area contributed by atoms with E-state index >= 15 is 0 Å². The van der Waals surface area contributed by atoms with E-state index in [0.717, 1.165) is 5.69 Å². The number of rotatable bonds is 1. The van der Waals surface area contributed by atoms with Crippen LogP contribution in [0, 0.1) is 13.8 Å². The van der Waals surface area contributed by atoms with Crippen LogP contribution in [0.3, 0.4) is 0 Å². The number of aliphatic hydroxyl groups is 1. The summed E-state index contributed by atoms with van der Waals surface area (Å²) in [4.78, 5) is 0. The number of aliphatic hydroxyl groups excluding tert-OH is 1. The predicted molar refractivity (Wildman–Crippen MR) is 58.3 cm³/mol. The average Bonchev–Trinajstić information content (AvgIpc) is 2.39.